The molecule has 2 aromatic rings. The van der Waals surface area contributed by atoms with Crippen molar-refractivity contribution in [3.8, 4) is 0 Å². The van der Waals surface area contributed by atoms with Crippen molar-refractivity contribution in [2.45, 2.75) is 12.5 Å². The van der Waals surface area contributed by atoms with Crippen molar-refractivity contribution in [1.29, 1.82) is 0 Å². The second-order valence-electron chi connectivity index (χ2n) is 9.10. The zero-order chi connectivity index (χ0) is 21.0. The minimum absolute atomic E-state index is 0.248. The van der Waals surface area contributed by atoms with E-state index in [1.165, 1.54) is 11.1 Å². The molecular weight excluding hydrogens is 386 g/mol. The van der Waals surface area contributed by atoms with Crippen LogP contribution in [-0.2, 0) is 9.53 Å². The quantitative estimate of drug-likeness (QED) is 0.721. The highest BCUT2D eigenvalue weighted by molar-refractivity contribution is 5.81. The van der Waals surface area contributed by atoms with E-state index in [9.17, 15) is 4.79 Å². The first-order valence-electron chi connectivity index (χ1n) is 11.7. The molecule has 1 amide bonds. The molecule has 1 saturated carbocycles. The Balaban J connectivity index is 1.17. The number of ether oxygens (including phenoxy) is 1. The number of morpholine rings is 1. The number of hydrogen-bond acceptors (Lipinski definition) is 4. The van der Waals surface area contributed by atoms with Gasteiger partial charge >= 0.3 is 0 Å². The molecule has 0 spiro atoms. The molecule has 5 nitrogen and oxygen atoms in total. The third-order valence-corrected chi connectivity index (χ3v) is 7.06. The summed E-state index contributed by atoms with van der Waals surface area (Å²) in [5, 5.41) is 0. The zero-order valence-electron chi connectivity index (χ0n) is 18.2. The Bertz CT molecular complexity index is 806. The lowest BCUT2D eigenvalue weighted by Crippen LogP contribution is -2.48. The molecule has 0 bridgehead atoms. The number of rotatable bonds is 6. The molecule has 0 N–H and O–H groups in total. The highest BCUT2D eigenvalue weighted by atomic mass is 16.5. The topological polar surface area (TPSA) is 36.0 Å². The largest absolute Gasteiger partial charge is 0.378 e. The number of amides is 1. The number of carbonyl (C=O) groups excluding carboxylic acids is 1. The first-order chi connectivity index (χ1) is 15.3. The van der Waals surface area contributed by atoms with Crippen LogP contribution < -0.4 is 0 Å². The van der Waals surface area contributed by atoms with Gasteiger partial charge in [-0.3, -0.25) is 9.69 Å². The van der Waals surface area contributed by atoms with Crippen LogP contribution in [0.25, 0.3) is 0 Å². The highest BCUT2D eigenvalue weighted by Gasteiger charge is 2.45. The molecule has 3 aliphatic rings. The Morgan fingerprint density at radius 1 is 0.839 bits per heavy atom. The summed E-state index contributed by atoms with van der Waals surface area (Å²) in [6.45, 7) is 8.24. The smallest absolute Gasteiger partial charge is 0.226 e. The van der Waals surface area contributed by atoms with Gasteiger partial charge in [-0.05, 0) is 23.5 Å². The van der Waals surface area contributed by atoms with E-state index in [-0.39, 0.29) is 5.92 Å². The van der Waals surface area contributed by atoms with E-state index < -0.39 is 0 Å². The average molecular weight is 420 g/mol. The van der Waals surface area contributed by atoms with Crippen molar-refractivity contribution < 1.29 is 9.53 Å². The Labute approximate surface area is 185 Å². The molecule has 31 heavy (non-hydrogen) atoms. The zero-order valence-corrected chi connectivity index (χ0v) is 18.2. The fourth-order valence-electron chi connectivity index (χ4n) is 5.19. The molecule has 3 fully saturated rings. The molecule has 0 radical (unpaired) electrons. The van der Waals surface area contributed by atoms with Crippen LogP contribution >= 0.6 is 0 Å². The van der Waals surface area contributed by atoms with Gasteiger partial charge in [0.05, 0.1) is 19.3 Å². The third kappa shape index (κ3) is 4.84. The van der Waals surface area contributed by atoms with E-state index in [0.717, 1.165) is 52.2 Å². The average Bonchev–Trinajstić information content (AvgIpc) is 3.61. The molecule has 2 unspecified atom stereocenters. The van der Waals surface area contributed by atoms with Crippen LogP contribution in [0.15, 0.2) is 60.7 Å². The molecule has 2 saturated heterocycles. The van der Waals surface area contributed by atoms with Gasteiger partial charge in [0, 0.05) is 51.7 Å². The van der Waals surface area contributed by atoms with Crippen LogP contribution in [0.5, 0.6) is 0 Å². The molecular formula is C26H33N3O2. The highest BCUT2D eigenvalue weighted by Crippen LogP contribution is 2.41. The van der Waals surface area contributed by atoms with Crippen LogP contribution in [0.2, 0.25) is 0 Å². The van der Waals surface area contributed by atoms with Crippen molar-refractivity contribution in [3.05, 3.63) is 71.8 Å². The van der Waals surface area contributed by atoms with Crippen LogP contribution in [0.3, 0.4) is 0 Å². The van der Waals surface area contributed by atoms with Crippen molar-refractivity contribution in [1.82, 2.24) is 14.7 Å². The van der Waals surface area contributed by atoms with E-state index in [0.29, 0.717) is 31.1 Å². The van der Waals surface area contributed by atoms with Gasteiger partial charge in [-0.1, -0.05) is 60.7 Å². The second kappa shape index (κ2) is 9.51. The summed E-state index contributed by atoms with van der Waals surface area (Å²) in [4.78, 5) is 19.9. The number of piperazine rings is 1. The summed E-state index contributed by atoms with van der Waals surface area (Å²) < 4.78 is 5.38. The number of benzene rings is 2. The summed E-state index contributed by atoms with van der Waals surface area (Å²) in [6.07, 6.45) is 1.06. The Hall–Kier alpha value is -2.21. The maximum Gasteiger partial charge on any atom is 0.226 e. The van der Waals surface area contributed by atoms with Gasteiger partial charge in [0.15, 0.2) is 0 Å². The maximum absolute atomic E-state index is 12.7. The lowest BCUT2D eigenvalue weighted by atomic mass is 9.96. The molecule has 5 heteroatoms. The van der Waals surface area contributed by atoms with Crippen molar-refractivity contribution in [2.24, 2.45) is 11.8 Å². The minimum atomic E-state index is 0.248. The molecule has 2 aromatic carbocycles. The van der Waals surface area contributed by atoms with Crippen molar-refractivity contribution in [3.63, 3.8) is 0 Å². The second-order valence-corrected chi connectivity index (χ2v) is 9.10. The van der Waals surface area contributed by atoms with Crippen LogP contribution in [0, 0.1) is 11.8 Å². The number of nitrogens with zero attached hydrogens (tertiary/aromatic N) is 3. The Kier molecular flexibility index (Phi) is 6.35. The fraction of sp³-hybridized carbons (Fsp3) is 0.500. The molecule has 5 rings (SSSR count). The van der Waals surface area contributed by atoms with Gasteiger partial charge in [0.2, 0.25) is 5.91 Å². The van der Waals surface area contributed by atoms with Crippen molar-refractivity contribution >= 4 is 5.91 Å². The predicted molar refractivity (Wildman–Crippen MR) is 122 cm³/mol. The first kappa shape index (κ1) is 20.7. The van der Waals surface area contributed by atoms with Crippen LogP contribution in [-0.4, -0.2) is 79.6 Å². The molecule has 1 aliphatic carbocycles. The lowest BCUT2D eigenvalue weighted by Gasteiger charge is -2.40. The predicted octanol–water partition coefficient (Wildman–Crippen LogP) is 2.89. The normalized spacial score (nSPS) is 25.0. The van der Waals surface area contributed by atoms with E-state index in [1.54, 1.807) is 0 Å². The summed E-state index contributed by atoms with van der Waals surface area (Å²) in [6, 6.07) is 22.0. The molecule has 2 atom stereocenters. The van der Waals surface area contributed by atoms with Gasteiger partial charge in [0.1, 0.15) is 0 Å². The van der Waals surface area contributed by atoms with Gasteiger partial charge < -0.3 is 14.5 Å². The molecule has 2 heterocycles. The standard InChI is InChI=1S/C26H33N3O2/c30-26(29-15-17-31-18-16-29)24-19-23(24)20-27-11-13-28(14-12-27)25(21-7-3-1-4-8-21)22-9-5-2-6-10-22/h1-10,23-25H,11-20H2. The van der Waals surface area contributed by atoms with Gasteiger partial charge in [-0.25, -0.2) is 0 Å². The van der Waals surface area contributed by atoms with Gasteiger partial charge in [0.25, 0.3) is 0 Å². The van der Waals surface area contributed by atoms with Crippen LogP contribution in [0.1, 0.15) is 23.6 Å². The van der Waals surface area contributed by atoms with E-state index in [2.05, 4.69) is 70.5 Å². The van der Waals surface area contributed by atoms with E-state index in [1.807, 2.05) is 4.90 Å². The summed E-state index contributed by atoms with van der Waals surface area (Å²) >= 11 is 0. The summed E-state index contributed by atoms with van der Waals surface area (Å²) in [5.41, 5.74) is 2.72. The van der Waals surface area contributed by atoms with Gasteiger partial charge in [-0.2, -0.15) is 0 Å². The lowest BCUT2D eigenvalue weighted by molar-refractivity contribution is -0.137. The monoisotopic (exact) mass is 419 g/mol. The number of hydrogen-bond donors (Lipinski definition) is 0. The third-order valence-electron chi connectivity index (χ3n) is 7.06. The van der Waals surface area contributed by atoms with Crippen molar-refractivity contribution in [2.75, 3.05) is 59.0 Å². The minimum Gasteiger partial charge on any atom is -0.378 e. The fourth-order valence-corrected chi connectivity index (χ4v) is 5.19. The Morgan fingerprint density at radius 3 is 2.00 bits per heavy atom. The molecule has 164 valence electrons. The molecule has 0 aromatic heterocycles. The van der Waals surface area contributed by atoms with Gasteiger partial charge in [-0.15, -0.1) is 0 Å². The maximum atomic E-state index is 12.7. The van der Waals surface area contributed by atoms with E-state index >= 15 is 0 Å². The first-order valence-corrected chi connectivity index (χ1v) is 11.7. The SMILES string of the molecule is O=C(C1CC1CN1CCN(C(c2ccccc2)c2ccccc2)CC1)N1CCOCC1. The molecule has 2 aliphatic heterocycles. The Morgan fingerprint density at radius 2 is 1.42 bits per heavy atom. The number of carbonyl (C=O) groups is 1. The van der Waals surface area contributed by atoms with Crippen LogP contribution in [0.4, 0.5) is 0 Å². The summed E-state index contributed by atoms with van der Waals surface area (Å²) in [7, 11) is 0. The van der Waals surface area contributed by atoms with E-state index in [4.69, 9.17) is 4.74 Å². The summed E-state index contributed by atoms with van der Waals surface area (Å²) in [5.74, 6) is 1.15.